The summed E-state index contributed by atoms with van der Waals surface area (Å²) >= 11 is 13.0. The number of anilines is 2. The molecule has 0 unspecified atom stereocenters. The van der Waals surface area contributed by atoms with Crippen molar-refractivity contribution in [1.82, 2.24) is 31.2 Å². The number of pyridine rings is 2. The zero-order valence-corrected chi connectivity index (χ0v) is 35.4. The van der Waals surface area contributed by atoms with Crippen LogP contribution in [0.2, 0.25) is 10.0 Å². The lowest BCUT2D eigenvalue weighted by molar-refractivity contribution is 0.0870. The number of urea groups is 2. The number of nitrogens with one attached hydrogen (secondary N) is 6. The molecule has 0 bridgehead atoms. The number of ether oxygens (including phenoxy) is 4. The third-order valence-electron chi connectivity index (χ3n) is 10.6. The van der Waals surface area contributed by atoms with E-state index in [1.807, 2.05) is 0 Å². The largest absolute Gasteiger partial charge is 0.496 e. The molecule has 0 radical (unpaired) electrons. The molecule has 9 rings (SSSR count). The molecule has 3 aliphatic rings. The molecule has 0 spiro atoms. The molecule has 0 atom stereocenters. The minimum atomic E-state index is -1.07. The fourth-order valence-electron chi connectivity index (χ4n) is 6.86. The summed E-state index contributed by atoms with van der Waals surface area (Å²) in [6, 6.07) is 19.3. The average Bonchev–Trinajstić information content (AvgIpc) is 4.16. The fraction of sp³-hybridized carbons (Fsp3) is 0.244. The van der Waals surface area contributed by atoms with Gasteiger partial charge in [0.2, 0.25) is 0 Å². The summed E-state index contributed by atoms with van der Waals surface area (Å²) in [6.45, 7) is 0. The van der Waals surface area contributed by atoms with Crippen LogP contribution in [0.3, 0.4) is 0 Å². The van der Waals surface area contributed by atoms with Gasteiger partial charge in [-0.2, -0.15) is 0 Å². The summed E-state index contributed by atoms with van der Waals surface area (Å²) < 4.78 is 23.7. The van der Waals surface area contributed by atoms with Crippen LogP contribution in [-0.2, 0) is 0 Å². The predicted molar refractivity (Wildman–Crippen MR) is 237 cm³/mol. The van der Waals surface area contributed by atoms with E-state index in [1.54, 1.807) is 85.2 Å². The van der Waals surface area contributed by atoms with E-state index in [4.69, 9.17) is 42.1 Å². The van der Waals surface area contributed by atoms with E-state index in [2.05, 4.69) is 41.9 Å². The Kier molecular flexibility index (Phi) is 11.2. The van der Waals surface area contributed by atoms with Gasteiger partial charge < -0.3 is 50.8 Å². The lowest BCUT2D eigenvalue weighted by Crippen LogP contribution is -2.50. The van der Waals surface area contributed by atoms with Crippen molar-refractivity contribution in [1.29, 1.82) is 0 Å². The van der Waals surface area contributed by atoms with E-state index in [1.165, 1.54) is 14.2 Å². The van der Waals surface area contributed by atoms with Crippen LogP contribution in [-0.4, -0.2) is 65.8 Å². The van der Waals surface area contributed by atoms with Gasteiger partial charge in [0, 0.05) is 59.5 Å². The lowest BCUT2D eigenvalue weighted by atomic mass is 10.1. The van der Waals surface area contributed by atoms with E-state index in [0.717, 1.165) is 25.7 Å². The summed E-state index contributed by atoms with van der Waals surface area (Å²) in [5.41, 5.74) is 1.16. The Bertz CT molecular complexity index is 2640. The summed E-state index contributed by atoms with van der Waals surface area (Å²) in [5, 5.41) is 18.8. The van der Waals surface area contributed by atoms with Gasteiger partial charge in [-0.05, 0) is 87.1 Å². The summed E-state index contributed by atoms with van der Waals surface area (Å²) in [4.78, 5) is 61.6. The first-order chi connectivity index (χ1) is 30.5. The molecule has 3 aliphatic carbocycles. The highest BCUT2D eigenvalue weighted by Crippen LogP contribution is 2.40. The number of halogens is 2. The third-order valence-corrected chi connectivity index (χ3v) is 11.3. The number of benzene rings is 4. The minimum Gasteiger partial charge on any atom is -0.496 e. The van der Waals surface area contributed by atoms with Gasteiger partial charge >= 0.3 is 12.1 Å². The first kappa shape index (κ1) is 41.3. The van der Waals surface area contributed by atoms with Gasteiger partial charge in [0.25, 0.3) is 11.8 Å². The van der Waals surface area contributed by atoms with Crippen LogP contribution >= 0.6 is 23.2 Å². The van der Waals surface area contributed by atoms with Gasteiger partial charge in [-0.1, -0.05) is 23.2 Å². The summed E-state index contributed by atoms with van der Waals surface area (Å²) in [6.07, 6.45) is 7.89. The number of carbonyl (C=O) groups excluding carboxylic acids is 4. The van der Waals surface area contributed by atoms with Gasteiger partial charge in [0.1, 0.15) is 40.2 Å². The Morgan fingerprint density at radius 1 is 0.587 bits per heavy atom. The Hall–Kier alpha value is -7.04. The van der Waals surface area contributed by atoms with Gasteiger partial charge in [-0.3, -0.25) is 19.6 Å². The smallest absolute Gasteiger partial charge is 0.319 e. The van der Waals surface area contributed by atoms with Crippen molar-refractivity contribution < 1.29 is 38.1 Å². The quantitative estimate of drug-likeness (QED) is 0.0573. The molecule has 63 heavy (non-hydrogen) atoms. The number of aromatic nitrogens is 2. The molecular formula is C45H40Cl2N8O8. The van der Waals surface area contributed by atoms with E-state index >= 15 is 0 Å². The molecule has 4 aromatic carbocycles. The maximum Gasteiger partial charge on any atom is 0.319 e. The number of methoxy groups -OCH3 is 2. The van der Waals surface area contributed by atoms with Crippen molar-refractivity contribution >= 4 is 80.3 Å². The Morgan fingerprint density at radius 3 is 1.38 bits per heavy atom. The molecule has 6 amide bonds. The van der Waals surface area contributed by atoms with Crippen molar-refractivity contribution in [2.24, 2.45) is 0 Å². The van der Waals surface area contributed by atoms with Gasteiger partial charge in [-0.15, -0.1) is 0 Å². The van der Waals surface area contributed by atoms with E-state index in [9.17, 15) is 19.2 Å². The molecule has 6 aromatic rings. The standard InChI is InChI=1S/C45H40Cl2N8O8/c1-60-39-21-35-27(37(11-15-48-35)62-25-7-9-33(31(46)17-25)52-43(58)50-23-3-4-23)19-29(39)41(56)54-45(13-14-45)55-42(57)30-20-28-36(22-40(30)61-2)49-16-12-38(28)63-26-8-10-34(32(47)18-26)53-44(59)51-24-5-6-24/h7-12,15-24H,3-6,13-14H2,1-2H3,(H,54,56)(H,55,57)(H2,50,52,58)(H2,51,53,59). The summed E-state index contributed by atoms with van der Waals surface area (Å²) in [5.74, 6) is 1.08. The molecule has 6 N–H and O–H groups in total. The van der Waals surface area contributed by atoms with Crippen LogP contribution < -0.4 is 50.8 Å². The zero-order chi connectivity index (χ0) is 43.8. The van der Waals surface area contributed by atoms with Crippen molar-refractivity contribution in [3.63, 3.8) is 0 Å². The zero-order valence-electron chi connectivity index (χ0n) is 33.9. The molecule has 16 nitrogen and oxygen atoms in total. The number of rotatable bonds is 14. The van der Waals surface area contributed by atoms with Crippen LogP contribution in [0.25, 0.3) is 21.8 Å². The Labute approximate surface area is 370 Å². The molecular weight excluding hydrogens is 851 g/mol. The molecule has 3 fully saturated rings. The van der Waals surface area contributed by atoms with E-state index < -0.39 is 17.5 Å². The van der Waals surface area contributed by atoms with Crippen molar-refractivity contribution in [3.05, 3.63) is 106 Å². The maximum absolute atomic E-state index is 14.1. The maximum atomic E-state index is 14.1. The van der Waals surface area contributed by atoms with E-state index in [-0.39, 0.29) is 56.8 Å². The molecule has 2 aromatic heterocycles. The molecule has 0 aliphatic heterocycles. The number of hydrogen-bond donors (Lipinski definition) is 6. The number of hydrogen-bond acceptors (Lipinski definition) is 10. The molecule has 2 heterocycles. The van der Waals surface area contributed by atoms with Gasteiger partial charge in [0.05, 0.1) is 57.8 Å². The molecule has 322 valence electrons. The number of fused-ring (bicyclic) bond motifs is 2. The van der Waals surface area contributed by atoms with Crippen LogP contribution in [0.4, 0.5) is 21.0 Å². The van der Waals surface area contributed by atoms with Gasteiger partial charge in [0.15, 0.2) is 0 Å². The third kappa shape index (κ3) is 9.41. The first-order valence-electron chi connectivity index (χ1n) is 20.1. The topological polar surface area (TPSA) is 203 Å². The number of nitrogens with zero attached hydrogens (tertiary/aromatic N) is 2. The van der Waals surface area contributed by atoms with Crippen LogP contribution in [0, 0.1) is 0 Å². The van der Waals surface area contributed by atoms with E-state index in [0.29, 0.717) is 69.0 Å². The van der Waals surface area contributed by atoms with Crippen LogP contribution in [0.5, 0.6) is 34.5 Å². The SMILES string of the molecule is COc1cc2nccc(Oc3ccc(NC(=O)NC4CC4)c(Cl)c3)c2cc1C(=O)NC1(NC(=O)c2cc3c(Oc4ccc(NC(=O)NC5CC5)c(Cl)c4)ccnc3cc2OC)CC1. The monoisotopic (exact) mass is 890 g/mol. The first-order valence-corrected chi connectivity index (χ1v) is 20.9. The second kappa shape index (κ2) is 17.0. The van der Waals surface area contributed by atoms with Crippen LogP contribution in [0.1, 0.15) is 59.2 Å². The minimum absolute atomic E-state index is 0.184. The highest BCUT2D eigenvalue weighted by molar-refractivity contribution is 6.34. The predicted octanol–water partition coefficient (Wildman–Crippen LogP) is 8.91. The highest BCUT2D eigenvalue weighted by atomic mass is 35.5. The van der Waals surface area contributed by atoms with Gasteiger partial charge in [-0.25, -0.2) is 9.59 Å². The Balaban J connectivity index is 0.914. The molecule has 18 heteroatoms. The number of amides is 6. The van der Waals surface area contributed by atoms with Crippen LogP contribution in [0.15, 0.2) is 85.2 Å². The Morgan fingerprint density at radius 2 is 1.02 bits per heavy atom. The lowest BCUT2D eigenvalue weighted by Gasteiger charge is -2.21. The normalized spacial score (nSPS) is 14.9. The fourth-order valence-corrected chi connectivity index (χ4v) is 7.30. The number of carbonyl (C=O) groups is 4. The summed E-state index contributed by atoms with van der Waals surface area (Å²) in [7, 11) is 2.90. The molecule has 0 saturated heterocycles. The average molecular weight is 892 g/mol. The second-order valence-corrected chi connectivity index (χ2v) is 16.3. The highest BCUT2D eigenvalue weighted by Gasteiger charge is 2.46. The van der Waals surface area contributed by atoms with Crippen molar-refractivity contribution in [3.8, 4) is 34.5 Å². The second-order valence-electron chi connectivity index (χ2n) is 15.5. The molecule has 3 saturated carbocycles. The van der Waals surface area contributed by atoms with Crippen molar-refractivity contribution in [2.45, 2.75) is 56.3 Å². The van der Waals surface area contributed by atoms with Crippen molar-refractivity contribution in [2.75, 3.05) is 24.9 Å².